The molecule has 0 fully saturated rings. The number of amides is 1. The van der Waals surface area contributed by atoms with E-state index in [1.807, 2.05) is 30.3 Å². The molecule has 1 aliphatic rings. The number of fused-ring (bicyclic) bond motifs is 2. The zero-order valence-electron chi connectivity index (χ0n) is 12.8. The van der Waals surface area contributed by atoms with Gasteiger partial charge in [-0.05, 0) is 29.0 Å². The number of rotatable bonds is 4. The van der Waals surface area contributed by atoms with E-state index in [-0.39, 0.29) is 12.7 Å². The van der Waals surface area contributed by atoms with Crippen molar-refractivity contribution in [2.24, 2.45) is 0 Å². The maximum absolute atomic E-state index is 12.2. The van der Waals surface area contributed by atoms with Crippen LogP contribution in [-0.4, -0.2) is 18.5 Å². The first kappa shape index (κ1) is 14.9. The van der Waals surface area contributed by atoms with E-state index in [0.29, 0.717) is 22.9 Å². The van der Waals surface area contributed by atoms with Crippen LogP contribution in [0.1, 0.15) is 0 Å². The third-order valence-corrected chi connectivity index (χ3v) is 4.84. The number of hydrogen-bond acceptors (Lipinski definition) is 4. The maximum atomic E-state index is 12.2. The van der Waals surface area contributed by atoms with E-state index in [1.165, 1.54) is 22.5 Å². The van der Waals surface area contributed by atoms with Crippen LogP contribution in [0.25, 0.3) is 10.8 Å². The van der Waals surface area contributed by atoms with Gasteiger partial charge in [0.1, 0.15) is 0 Å². The zero-order chi connectivity index (χ0) is 16.4. The van der Waals surface area contributed by atoms with Gasteiger partial charge in [-0.3, -0.25) is 4.79 Å². The van der Waals surface area contributed by atoms with Crippen molar-refractivity contribution in [3.63, 3.8) is 0 Å². The van der Waals surface area contributed by atoms with E-state index in [9.17, 15) is 4.79 Å². The highest BCUT2D eigenvalue weighted by atomic mass is 32.2. The second kappa shape index (κ2) is 6.45. The molecule has 5 heteroatoms. The van der Waals surface area contributed by atoms with Crippen molar-refractivity contribution in [3.05, 3.63) is 60.7 Å². The SMILES string of the molecule is O=C(CSc1cccc2ccccc12)Nc1ccc2c(c1)OCO2. The maximum Gasteiger partial charge on any atom is 0.234 e. The molecular formula is C19H15NO3S. The highest BCUT2D eigenvalue weighted by molar-refractivity contribution is 8.00. The Morgan fingerprint density at radius 2 is 1.83 bits per heavy atom. The number of benzene rings is 3. The van der Waals surface area contributed by atoms with E-state index in [0.717, 1.165) is 4.90 Å². The topological polar surface area (TPSA) is 47.6 Å². The summed E-state index contributed by atoms with van der Waals surface area (Å²) in [6.45, 7) is 0.226. The second-order valence-electron chi connectivity index (χ2n) is 5.38. The van der Waals surface area contributed by atoms with Gasteiger partial charge in [0.2, 0.25) is 12.7 Å². The molecule has 0 aromatic heterocycles. The number of carbonyl (C=O) groups is 1. The normalized spacial score (nSPS) is 12.3. The molecule has 0 spiro atoms. The van der Waals surface area contributed by atoms with Crippen LogP contribution in [0.15, 0.2) is 65.6 Å². The lowest BCUT2D eigenvalue weighted by atomic mass is 10.1. The summed E-state index contributed by atoms with van der Waals surface area (Å²) in [6.07, 6.45) is 0. The standard InChI is InChI=1S/C19H15NO3S/c21-19(20-14-8-9-16-17(10-14)23-12-22-16)11-24-18-7-3-5-13-4-1-2-6-15(13)18/h1-10H,11-12H2,(H,20,21). The van der Waals surface area contributed by atoms with Gasteiger partial charge in [0.25, 0.3) is 0 Å². The molecule has 0 atom stereocenters. The summed E-state index contributed by atoms with van der Waals surface area (Å²) in [5.74, 6) is 1.67. The first-order valence-corrected chi connectivity index (χ1v) is 8.58. The molecule has 1 aliphatic heterocycles. The minimum absolute atomic E-state index is 0.0493. The van der Waals surface area contributed by atoms with Gasteiger partial charge in [-0.25, -0.2) is 0 Å². The van der Waals surface area contributed by atoms with Crippen LogP contribution in [-0.2, 0) is 4.79 Å². The van der Waals surface area contributed by atoms with Crippen molar-refractivity contribution in [3.8, 4) is 11.5 Å². The van der Waals surface area contributed by atoms with Crippen LogP contribution < -0.4 is 14.8 Å². The molecule has 3 aromatic rings. The highest BCUT2D eigenvalue weighted by Crippen LogP contribution is 2.34. The van der Waals surface area contributed by atoms with Crippen LogP contribution in [0, 0.1) is 0 Å². The van der Waals surface area contributed by atoms with E-state index in [2.05, 4.69) is 23.5 Å². The number of nitrogens with one attached hydrogen (secondary N) is 1. The van der Waals surface area contributed by atoms with Crippen molar-refractivity contribution in [1.82, 2.24) is 0 Å². The minimum atomic E-state index is -0.0493. The third kappa shape index (κ3) is 3.03. The molecule has 4 rings (SSSR count). The van der Waals surface area contributed by atoms with Gasteiger partial charge in [-0.2, -0.15) is 0 Å². The smallest absolute Gasteiger partial charge is 0.234 e. The summed E-state index contributed by atoms with van der Waals surface area (Å²) >= 11 is 1.53. The van der Waals surface area contributed by atoms with E-state index < -0.39 is 0 Å². The van der Waals surface area contributed by atoms with Gasteiger partial charge in [0.05, 0.1) is 5.75 Å². The van der Waals surface area contributed by atoms with Crippen molar-refractivity contribution < 1.29 is 14.3 Å². The summed E-state index contributed by atoms with van der Waals surface area (Å²) in [6, 6.07) is 19.7. The fourth-order valence-corrected chi connectivity index (χ4v) is 3.51. The van der Waals surface area contributed by atoms with Crippen molar-refractivity contribution in [2.75, 3.05) is 17.9 Å². The van der Waals surface area contributed by atoms with E-state index in [1.54, 1.807) is 12.1 Å². The molecule has 0 saturated carbocycles. The van der Waals surface area contributed by atoms with Crippen molar-refractivity contribution in [2.45, 2.75) is 4.90 Å². The third-order valence-electron chi connectivity index (χ3n) is 3.76. The quantitative estimate of drug-likeness (QED) is 0.721. The first-order chi connectivity index (χ1) is 11.8. The number of thioether (sulfide) groups is 1. The molecule has 0 aliphatic carbocycles. The molecule has 120 valence electrons. The Kier molecular flexibility index (Phi) is 4.01. The van der Waals surface area contributed by atoms with E-state index >= 15 is 0 Å². The molecule has 1 heterocycles. The lowest BCUT2D eigenvalue weighted by Gasteiger charge is -2.08. The molecule has 0 radical (unpaired) electrons. The Morgan fingerprint density at radius 1 is 1.00 bits per heavy atom. The molecule has 1 N–H and O–H groups in total. The van der Waals surface area contributed by atoms with Gasteiger partial charge in [-0.15, -0.1) is 11.8 Å². The molecule has 0 bridgehead atoms. The molecular weight excluding hydrogens is 322 g/mol. The Balaban J connectivity index is 1.43. The average Bonchev–Trinajstić information content (AvgIpc) is 3.07. The first-order valence-electron chi connectivity index (χ1n) is 7.60. The van der Waals surface area contributed by atoms with Gasteiger partial charge in [0.15, 0.2) is 11.5 Å². The van der Waals surface area contributed by atoms with Gasteiger partial charge < -0.3 is 14.8 Å². The van der Waals surface area contributed by atoms with Crippen LogP contribution in [0.3, 0.4) is 0 Å². The van der Waals surface area contributed by atoms with E-state index in [4.69, 9.17) is 9.47 Å². The summed E-state index contributed by atoms with van der Waals surface area (Å²) in [7, 11) is 0. The summed E-state index contributed by atoms with van der Waals surface area (Å²) < 4.78 is 10.6. The summed E-state index contributed by atoms with van der Waals surface area (Å²) in [5, 5.41) is 5.24. The lowest BCUT2D eigenvalue weighted by Crippen LogP contribution is -2.13. The second-order valence-corrected chi connectivity index (χ2v) is 6.40. The van der Waals surface area contributed by atoms with Crippen LogP contribution in [0.4, 0.5) is 5.69 Å². The Labute approximate surface area is 143 Å². The van der Waals surface area contributed by atoms with Crippen LogP contribution >= 0.6 is 11.8 Å². The number of ether oxygens (including phenoxy) is 2. The minimum Gasteiger partial charge on any atom is -0.454 e. The fourth-order valence-electron chi connectivity index (χ4n) is 2.64. The van der Waals surface area contributed by atoms with Gasteiger partial charge in [-0.1, -0.05) is 36.4 Å². The summed E-state index contributed by atoms with van der Waals surface area (Å²) in [4.78, 5) is 13.3. The predicted octanol–water partition coefficient (Wildman–Crippen LogP) is 4.30. The molecule has 0 unspecified atom stereocenters. The summed E-state index contributed by atoms with van der Waals surface area (Å²) in [5.41, 5.74) is 0.711. The highest BCUT2D eigenvalue weighted by Gasteiger charge is 2.14. The Bertz CT molecular complexity index is 905. The van der Waals surface area contributed by atoms with Crippen LogP contribution in [0.2, 0.25) is 0 Å². The van der Waals surface area contributed by atoms with Crippen molar-refractivity contribution in [1.29, 1.82) is 0 Å². The number of anilines is 1. The Morgan fingerprint density at radius 3 is 2.79 bits per heavy atom. The number of hydrogen-bond donors (Lipinski definition) is 1. The molecule has 1 amide bonds. The van der Waals surface area contributed by atoms with Gasteiger partial charge in [0, 0.05) is 16.6 Å². The Hall–Kier alpha value is -2.66. The number of carbonyl (C=O) groups excluding carboxylic acids is 1. The zero-order valence-corrected chi connectivity index (χ0v) is 13.6. The van der Waals surface area contributed by atoms with Gasteiger partial charge >= 0.3 is 0 Å². The molecule has 4 nitrogen and oxygen atoms in total. The molecule has 24 heavy (non-hydrogen) atoms. The predicted molar refractivity (Wildman–Crippen MR) is 95.9 cm³/mol. The lowest BCUT2D eigenvalue weighted by molar-refractivity contribution is -0.113. The van der Waals surface area contributed by atoms with Crippen LogP contribution in [0.5, 0.6) is 11.5 Å². The van der Waals surface area contributed by atoms with Crippen molar-refractivity contribution >= 4 is 34.1 Å². The monoisotopic (exact) mass is 337 g/mol. The average molecular weight is 337 g/mol. The fraction of sp³-hybridized carbons (Fsp3) is 0.105. The molecule has 3 aromatic carbocycles. The molecule has 0 saturated heterocycles. The largest absolute Gasteiger partial charge is 0.454 e.